The summed E-state index contributed by atoms with van der Waals surface area (Å²) in [6, 6.07) is 4.45. The third-order valence-corrected chi connectivity index (χ3v) is 4.70. The Hall–Kier alpha value is -2.54. The van der Waals surface area contributed by atoms with Crippen molar-refractivity contribution in [2.45, 2.75) is 34.6 Å². The van der Waals surface area contributed by atoms with Gasteiger partial charge in [-0.25, -0.2) is 0 Å². The zero-order valence-electron chi connectivity index (χ0n) is 16.4. The van der Waals surface area contributed by atoms with Crippen LogP contribution in [0.25, 0.3) is 28.6 Å². The van der Waals surface area contributed by atoms with E-state index in [4.69, 9.17) is 0 Å². The standard InChI is InChI=1S/C24H29N/c1-8-12-17(5)19(11-4)20-15-16-23-24(18(20)6)21(13-9-2)22(14-10-3)25(23)7/h8-16H,4H2,1-3,5-7H3/b12-8-,13-9-,14-10-,19-17+. The molecule has 0 N–H and O–H groups in total. The number of benzene rings is 1. The van der Waals surface area contributed by atoms with Gasteiger partial charge >= 0.3 is 0 Å². The minimum atomic E-state index is 1.19. The lowest BCUT2D eigenvalue weighted by Gasteiger charge is -2.12. The predicted molar refractivity (Wildman–Crippen MR) is 115 cm³/mol. The van der Waals surface area contributed by atoms with Crippen LogP contribution in [0.4, 0.5) is 0 Å². The zero-order valence-corrected chi connectivity index (χ0v) is 16.4. The van der Waals surface area contributed by atoms with Crippen molar-refractivity contribution in [3.8, 4) is 0 Å². The van der Waals surface area contributed by atoms with Crippen molar-refractivity contribution in [1.29, 1.82) is 0 Å². The van der Waals surface area contributed by atoms with Crippen molar-refractivity contribution in [2.75, 3.05) is 0 Å². The van der Waals surface area contributed by atoms with Crippen LogP contribution in [-0.2, 0) is 7.05 Å². The van der Waals surface area contributed by atoms with E-state index in [1.807, 2.05) is 13.0 Å². The van der Waals surface area contributed by atoms with Crippen molar-refractivity contribution >= 4 is 28.6 Å². The summed E-state index contributed by atoms with van der Waals surface area (Å²) in [5, 5.41) is 1.32. The highest BCUT2D eigenvalue weighted by Gasteiger charge is 2.16. The van der Waals surface area contributed by atoms with Gasteiger partial charge in [0.05, 0.1) is 0 Å². The molecule has 0 aliphatic heterocycles. The quantitative estimate of drug-likeness (QED) is 0.515. The van der Waals surface area contributed by atoms with Crippen LogP contribution in [0.15, 0.2) is 54.7 Å². The maximum Gasteiger partial charge on any atom is 0.0491 e. The van der Waals surface area contributed by atoms with Gasteiger partial charge in [-0.2, -0.15) is 0 Å². The number of nitrogens with zero attached hydrogens (tertiary/aromatic N) is 1. The molecule has 2 rings (SSSR count). The van der Waals surface area contributed by atoms with Crippen molar-refractivity contribution < 1.29 is 0 Å². The molecule has 0 aliphatic carbocycles. The summed E-state index contributed by atoms with van der Waals surface area (Å²) in [6.07, 6.45) is 14.8. The Balaban J connectivity index is 2.94. The highest BCUT2D eigenvalue weighted by atomic mass is 14.9. The molecule has 0 atom stereocenters. The minimum Gasteiger partial charge on any atom is -0.344 e. The molecule has 0 radical (unpaired) electrons. The first kappa shape index (κ1) is 18.8. The van der Waals surface area contributed by atoms with E-state index in [1.54, 1.807) is 0 Å². The van der Waals surface area contributed by atoms with Gasteiger partial charge in [-0.05, 0) is 69.0 Å². The summed E-state index contributed by atoms with van der Waals surface area (Å²) < 4.78 is 2.28. The summed E-state index contributed by atoms with van der Waals surface area (Å²) in [4.78, 5) is 0. The van der Waals surface area contributed by atoms with Gasteiger partial charge in [0.25, 0.3) is 0 Å². The number of fused-ring (bicyclic) bond motifs is 1. The maximum absolute atomic E-state index is 4.05. The van der Waals surface area contributed by atoms with Gasteiger partial charge in [0.2, 0.25) is 0 Å². The maximum atomic E-state index is 4.05. The molecule has 1 aromatic heterocycles. The molecule has 1 aromatic carbocycles. The number of rotatable bonds is 5. The van der Waals surface area contributed by atoms with E-state index >= 15 is 0 Å². The summed E-state index contributed by atoms with van der Waals surface area (Å²) in [6.45, 7) is 14.6. The molecule has 130 valence electrons. The molecule has 0 amide bonds. The molecule has 0 unspecified atom stereocenters. The largest absolute Gasteiger partial charge is 0.344 e. The number of hydrogen-bond acceptors (Lipinski definition) is 0. The summed E-state index contributed by atoms with van der Waals surface area (Å²) in [7, 11) is 2.14. The molecule has 2 aromatic rings. The number of aryl methyl sites for hydroxylation is 2. The number of hydrogen-bond donors (Lipinski definition) is 0. The highest BCUT2D eigenvalue weighted by Crippen LogP contribution is 2.35. The summed E-state index contributed by atoms with van der Waals surface area (Å²) in [5.74, 6) is 0. The van der Waals surface area contributed by atoms with E-state index < -0.39 is 0 Å². The molecule has 25 heavy (non-hydrogen) atoms. The molecular weight excluding hydrogens is 302 g/mol. The molecule has 0 bridgehead atoms. The van der Waals surface area contributed by atoms with Crippen LogP contribution >= 0.6 is 0 Å². The van der Waals surface area contributed by atoms with E-state index in [9.17, 15) is 0 Å². The van der Waals surface area contributed by atoms with Crippen LogP contribution in [-0.4, -0.2) is 4.57 Å². The first-order chi connectivity index (χ1) is 12.0. The fraction of sp³-hybridized carbons (Fsp3) is 0.250. The average molecular weight is 332 g/mol. The van der Waals surface area contributed by atoms with Gasteiger partial charge in [0, 0.05) is 29.2 Å². The van der Waals surface area contributed by atoms with Gasteiger partial charge in [0.15, 0.2) is 0 Å². The average Bonchev–Trinajstić information content (AvgIpc) is 2.85. The van der Waals surface area contributed by atoms with Crippen LogP contribution in [0.3, 0.4) is 0 Å². The van der Waals surface area contributed by atoms with Crippen molar-refractivity contribution in [2.24, 2.45) is 7.05 Å². The monoisotopic (exact) mass is 331 g/mol. The van der Waals surface area contributed by atoms with Crippen molar-refractivity contribution in [3.05, 3.63) is 77.0 Å². The van der Waals surface area contributed by atoms with Crippen LogP contribution in [0.2, 0.25) is 0 Å². The normalized spacial score (nSPS) is 13.5. The first-order valence-corrected chi connectivity index (χ1v) is 8.85. The summed E-state index contributed by atoms with van der Waals surface area (Å²) in [5.41, 5.74) is 8.76. The minimum absolute atomic E-state index is 1.19. The van der Waals surface area contributed by atoms with E-state index in [0.29, 0.717) is 0 Å². The van der Waals surface area contributed by atoms with E-state index in [1.165, 1.54) is 44.4 Å². The highest BCUT2D eigenvalue weighted by molar-refractivity contribution is 5.99. The molecule has 0 spiro atoms. The topological polar surface area (TPSA) is 4.93 Å². The Kier molecular flexibility index (Phi) is 6.03. The van der Waals surface area contributed by atoms with Gasteiger partial charge in [-0.15, -0.1) is 0 Å². The number of aromatic nitrogens is 1. The van der Waals surface area contributed by atoms with E-state index in [-0.39, 0.29) is 0 Å². The van der Waals surface area contributed by atoms with Crippen molar-refractivity contribution in [3.63, 3.8) is 0 Å². The molecule has 0 saturated heterocycles. The Morgan fingerprint density at radius 1 is 1.04 bits per heavy atom. The molecule has 1 nitrogen and oxygen atoms in total. The zero-order chi connectivity index (χ0) is 18.6. The van der Waals surface area contributed by atoms with Crippen LogP contribution in [0.5, 0.6) is 0 Å². The van der Waals surface area contributed by atoms with Gasteiger partial charge in [-0.3, -0.25) is 0 Å². The Bertz CT molecular complexity index is 911. The molecule has 1 heterocycles. The Labute approximate surface area is 152 Å². The van der Waals surface area contributed by atoms with Gasteiger partial charge in [0.1, 0.15) is 0 Å². The lowest BCUT2D eigenvalue weighted by Crippen LogP contribution is -1.93. The lowest BCUT2D eigenvalue weighted by atomic mass is 9.92. The van der Waals surface area contributed by atoms with Crippen LogP contribution in [0, 0.1) is 6.92 Å². The second-order valence-electron chi connectivity index (χ2n) is 6.29. The molecule has 0 aliphatic rings. The van der Waals surface area contributed by atoms with E-state index in [0.717, 1.165) is 0 Å². The van der Waals surface area contributed by atoms with E-state index in [2.05, 4.69) is 94.5 Å². The second-order valence-corrected chi connectivity index (χ2v) is 6.29. The fourth-order valence-electron chi connectivity index (χ4n) is 3.57. The smallest absolute Gasteiger partial charge is 0.0491 e. The Morgan fingerprint density at radius 3 is 2.28 bits per heavy atom. The predicted octanol–water partition coefficient (Wildman–Crippen LogP) is 7.09. The van der Waals surface area contributed by atoms with Crippen LogP contribution in [0.1, 0.15) is 50.1 Å². The first-order valence-electron chi connectivity index (χ1n) is 8.85. The third-order valence-electron chi connectivity index (χ3n) is 4.70. The van der Waals surface area contributed by atoms with Gasteiger partial charge in [-0.1, -0.05) is 49.1 Å². The Morgan fingerprint density at radius 2 is 1.72 bits per heavy atom. The SMILES string of the molecule is C=C/C(=C(C)\C=C/C)c1ccc2c(c1C)c(/C=C\C)c(/C=C\C)n2C. The second kappa shape index (κ2) is 8.02. The lowest BCUT2D eigenvalue weighted by molar-refractivity contribution is 0.952. The molecule has 0 saturated carbocycles. The fourth-order valence-corrected chi connectivity index (χ4v) is 3.57. The number of allylic oxidation sites excluding steroid dienone is 7. The van der Waals surface area contributed by atoms with Crippen LogP contribution < -0.4 is 0 Å². The van der Waals surface area contributed by atoms with Crippen molar-refractivity contribution in [1.82, 2.24) is 4.57 Å². The molecular formula is C24H29N. The third kappa shape index (κ3) is 3.32. The van der Waals surface area contributed by atoms with Gasteiger partial charge < -0.3 is 4.57 Å². The summed E-state index contributed by atoms with van der Waals surface area (Å²) >= 11 is 0. The molecule has 0 fully saturated rings. The molecule has 1 heteroatoms.